The zero-order valence-electron chi connectivity index (χ0n) is 10.5. The van der Waals surface area contributed by atoms with E-state index in [4.69, 9.17) is 0 Å². The van der Waals surface area contributed by atoms with Crippen LogP contribution in [0.1, 0.15) is 16.8 Å². The minimum absolute atomic E-state index is 0.368. The van der Waals surface area contributed by atoms with E-state index in [1.165, 1.54) is 0 Å². The van der Waals surface area contributed by atoms with E-state index in [9.17, 15) is 13.2 Å². The summed E-state index contributed by atoms with van der Waals surface area (Å²) in [5, 5.41) is 6.69. The smallest absolute Gasteiger partial charge is 0.316 e. The molecule has 0 bridgehead atoms. The van der Waals surface area contributed by atoms with E-state index in [0.29, 0.717) is 12.4 Å². The summed E-state index contributed by atoms with van der Waals surface area (Å²) < 4.78 is 38.6. The fraction of sp³-hybridized carbons (Fsp3) is 0.333. The summed E-state index contributed by atoms with van der Waals surface area (Å²) in [5.74, 6) is 0.368. The molecule has 2 aromatic heterocycles. The molecule has 0 atom stereocenters. The predicted octanol–water partition coefficient (Wildman–Crippen LogP) is 2.31. The lowest BCUT2D eigenvalue weighted by Crippen LogP contribution is -2.09. The SMILES string of the molecule is CNCc1ccc(-n2cc(C(F)(F)F)cn2)nc1C. The third-order valence-electron chi connectivity index (χ3n) is 2.69. The van der Waals surface area contributed by atoms with E-state index < -0.39 is 11.7 Å². The summed E-state index contributed by atoms with van der Waals surface area (Å²) >= 11 is 0. The molecule has 2 heterocycles. The molecule has 0 radical (unpaired) electrons. The maximum absolute atomic E-state index is 12.5. The van der Waals surface area contributed by atoms with Gasteiger partial charge in [0.05, 0.1) is 11.8 Å². The van der Waals surface area contributed by atoms with E-state index >= 15 is 0 Å². The molecular weight excluding hydrogens is 257 g/mol. The van der Waals surface area contributed by atoms with Crippen LogP contribution in [0.2, 0.25) is 0 Å². The highest BCUT2D eigenvalue weighted by molar-refractivity contribution is 5.30. The van der Waals surface area contributed by atoms with Gasteiger partial charge in [0.15, 0.2) is 5.82 Å². The van der Waals surface area contributed by atoms with Crippen LogP contribution in [0.5, 0.6) is 0 Å². The van der Waals surface area contributed by atoms with Crippen LogP contribution >= 0.6 is 0 Å². The van der Waals surface area contributed by atoms with Crippen molar-refractivity contribution in [3.8, 4) is 5.82 Å². The van der Waals surface area contributed by atoms with Gasteiger partial charge < -0.3 is 5.32 Å². The molecule has 0 saturated heterocycles. The normalized spacial score (nSPS) is 11.8. The molecule has 0 aliphatic rings. The largest absolute Gasteiger partial charge is 0.419 e. The molecule has 7 heteroatoms. The van der Waals surface area contributed by atoms with E-state index in [1.807, 2.05) is 20.0 Å². The number of nitrogens with zero attached hydrogens (tertiary/aromatic N) is 3. The summed E-state index contributed by atoms with van der Waals surface area (Å²) in [6.07, 6.45) is -2.67. The Morgan fingerprint density at radius 2 is 2.05 bits per heavy atom. The quantitative estimate of drug-likeness (QED) is 0.930. The molecular formula is C12H13F3N4. The van der Waals surface area contributed by atoms with Gasteiger partial charge in [0.25, 0.3) is 0 Å². The van der Waals surface area contributed by atoms with Crippen molar-refractivity contribution in [1.29, 1.82) is 0 Å². The first kappa shape index (κ1) is 13.5. The zero-order chi connectivity index (χ0) is 14.0. The molecule has 0 fully saturated rings. The predicted molar refractivity (Wildman–Crippen MR) is 63.9 cm³/mol. The van der Waals surface area contributed by atoms with Crippen molar-refractivity contribution in [3.05, 3.63) is 41.3 Å². The molecule has 0 spiro atoms. The molecule has 0 aromatic carbocycles. The Hall–Kier alpha value is -1.89. The van der Waals surface area contributed by atoms with Crippen LogP contribution in [-0.4, -0.2) is 21.8 Å². The van der Waals surface area contributed by atoms with Crippen LogP contribution < -0.4 is 5.32 Å². The number of nitrogens with one attached hydrogen (secondary N) is 1. The lowest BCUT2D eigenvalue weighted by atomic mass is 10.2. The highest BCUT2D eigenvalue weighted by atomic mass is 19.4. The fourth-order valence-electron chi connectivity index (χ4n) is 1.68. The second-order valence-corrected chi connectivity index (χ2v) is 4.12. The van der Waals surface area contributed by atoms with Gasteiger partial charge in [-0.1, -0.05) is 6.07 Å². The van der Waals surface area contributed by atoms with Gasteiger partial charge >= 0.3 is 6.18 Å². The standard InChI is InChI=1S/C12H13F3N4/c1-8-9(5-16-2)3-4-11(18-8)19-7-10(6-17-19)12(13,14)15/h3-4,6-7,16H,5H2,1-2H3. The average Bonchev–Trinajstić information content (AvgIpc) is 2.81. The number of rotatable bonds is 3. The van der Waals surface area contributed by atoms with Gasteiger partial charge in [-0.2, -0.15) is 18.3 Å². The molecule has 1 N–H and O–H groups in total. The Morgan fingerprint density at radius 3 is 2.58 bits per heavy atom. The van der Waals surface area contributed by atoms with Gasteiger partial charge in [0, 0.05) is 18.4 Å². The summed E-state index contributed by atoms with van der Waals surface area (Å²) in [7, 11) is 1.82. The zero-order valence-corrected chi connectivity index (χ0v) is 10.5. The Bertz CT molecular complexity index is 575. The molecule has 0 aliphatic carbocycles. The summed E-state index contributed by atoms with van der Waals surface area (Å²) in [6, 6.07) is 3.47. The van der Waals surface area contributed by atoms with E-state index in [1.54, 1.807) is 6.07 Å². The number of alkyl halides is 3. The van der Waals surface area contributed by atoms with Gasteiger partial charge in [-0.15, -0.1) is 0 Å². The average molecular weight is 270 g/mol. The Labute approximate surface area is 108 Å². The number of hydrogen-bond acceptors (Lipinski definition) is 3. The van der Waals surface area contributed by atoms with Crippen LogP contribution in [0.25, 0.3) is 5.82 Å². The van der Waals surface area contributed by atoms with Crippen molar-refractivity contribution < 1.29 is 13.2 Å². The molecule has 0 aliphatic heterocycles. The van der Waals surface area contributed by atoms with Crippen molar-refractivity contribution in [2.45, 2.75) is 19.6 Å². The maximum Gasteiger partial charge on any atom is 0.419 e. The van der Waals surface area contributed by atoms with Crippen LogP contribution in [0.15, 0.2) is 24.5 Å². The molecule has 2 rings (SSSR count). The molecule has 0 amide bonds. The Kier molecular flexibility index (Phi) is 3.57. The van der Waals surface area contributed by atoms with Gasteiger partial charge in [0.1, 0.15) is 0 Å². The fourth-order valence-corrected chi connectivity index (χ4v) is 1.68. The number of hydrogen-bond donors (Lipinski definition) is 1. The number of aromatic nitrogens is 3. The van der Waals surface area contributed by atoms with Crippen molar-refractivity contribution >= 4 is 0 Å². The molecule has 102 valence electrons. The van der Waals surface area contributed by atoms with Crippen LogP contribution in [0.4, 0.5) is 13.2 Å². The van der Waals surface area contributed by atoms with Crippen molar-refractivity contribution in [2.24, 2.45) is 0 Å². The monoisotopic (exact) mass is 270 g/mol. The highest BCUT2D eigenvalue weighted by Gasteiger charge is 2.32. The number of halogens is 3. The third-order valence-corrected chi connectivity index (χ3v) is 2.69. The van der Waals surface area contributed by atoms with Crippen LogP contribution in [-0.2, 0) is 12.7 Å². The van der Waals surface area contributed by atoms with E-state index in [0.717, 1.165) is 28.3 Å². The first-order chi connectivity index (χ1) is 8.91. The first-order valence-electron chi connectivity index (χ1n) is 5.65. The topological polar surface area (TPSA) is 42.7 Å². The lowest BCUT2D eigenvalue weighted by molar-refractivity contribution is -0.137. The van der Waals surface area contributed by atoms with E-state index in [2.05, 4.69) is 15.4 Å². The minimum atomic E-state index is -4.39. The van der Waals surface area contributed by atoms with Gasteiger partial charge in [-0.3, -0.25) is 0 Å². The minimum Gasteiger partial charge on any atom is -0.316 e. The van der Waals surface area contributed by atoms with Crippen LogP contribution in [0.3, 0.4) is 0 Å². The van der Waals surface area contributed by atoms with Crippen molar-refractivity contribution in [2.75, 3.05) is 7.05 Å². The first-order valence-corrected chi connectivity index (χ1v) is 5.65. The van der Waals surface area contributed by atoms with Crippen molar-refractivity contribution in [1.82, 2.24) is 20.1 Å². The summed E-state index contributed by atoms with van der Waals surface area (Å²) in [6.45, 7) is 2.47. The van der Waals surface area contributed by atoms with Gasteiger partial charge in [-0.25, -0.2) is 9.67 Å². The number of pyridine rings is 1. The molecule has 0 saturated carbocycles. The second kappa shape index (κ2) is 5.00. The van der Waals surface area contributed by atoms with E-state index in [-0.39, 0.29) is 0 Å². The summed E-state index contributed by atoms with van der Waals surface area (Å²) in [5.41, 5.74) is 0.969. The highest BCUT2D eigenvalue weighted by Crippen LogP contribution is 2.28. The third kappa shape index (κ3) is 2.93. The molecule has 19 heavy (non-hydrogen) atoms. The van der Waals surface area contributed by atoms with Gasteiger partial charge in [0.2, 0.25) is 0 Å². The summed E-state index contributed by atoms with van der Waals surface area (Å²) in [4.78, 5) is 4.25. The van der Waals surface area contributed by atoms with Crippen molar-refractivity contribution in [3.63, 3.8) is 0 Å². The Balaban J connectivity index is 2.32. The second-order valence-electron chi connectivity index (χ2n) is 4.12. The Morgan fingerprint density at radius 1 is 1.32 bits per heavy atom. The molecule has 4 nitrogen and oxygen atoms in total. The molecule has 0 unspecified atom stereocenters. The van der Waals surface area contributed by atoms with Crippen LogP contribution in [0, 0.1) is 6.92 Å². The van der Waals surface area contributed by atoms with Gasteiger partial charge in [-0.05, 0) is 25.6 Å². The maximum atomic E-state index is 12.5. The molecule has 2 aromatic rings. The number of aryl methyl sites for hydroxylation is 1. The lowest BCUT2D eigenvalue weighted by Gasteiger charge is -2.07.